The van der Waals surface area contributed by atoms with E-state index in [9.17, 15) is 4.79 Å². The molecule has 8 nitrogen and oxygen atoms in total. The number of aromatic nitrogens is 2. The normalized spacial score (nSPS) is 14.7. The Hall–Kier alpha value is -2.30. The van der Waals surface area contributed by atoms with E-state index < -0.39 is 0 Å². The number of amides is 1. The van der Waals surface area contributed by atoms with Crippen molar-refractivity contribution < 1.29 is 9.53 Å². The maximum atomic E-state index is 12.6. The van der Waals surface area contributed by atoms with Crippen LogP contribution in [0.25, 0.3) is 0 Å². The molecule has 0 aliphatic carbocycles. The van der Waals surface area contributed by atoms with E-state index in [1.54, 1.807) is 22.8 Å². The van der Waals surface area contributed by atoms with E-state index in [4.69, 9.17) is 4.74 Å². The van der Waals surface area contributed by atoms with Gasteiger partial charge in [0, 0.05) is 39.9 Å². The second-order valence-corrected chi connectivity index (χ2v) is 7.59. The Morgan fingerprint density at radius 1 is 1.33 bits per heavy atom. The lowest BCUT2D eigenvalue weighted by atomic mass is 10.2. The number of nitrogens with zero attached hydrogens (tertiary/aromatic N) is 5. The number of benzene rings is 1. The first-order chi connectivity index (χ1) is 14.0. The van der Waals surface area contributed by atoms with Crippen molar-refractivity contribution in [1.82, 2.24) is 20.0 Å². The lowest BCUT2D eigenvalue weighted by Crippen LogP contribution is -2.55. The zero-order chi connectivity index (χ0) is 20.8. The maximum Gasteiger partial charge on any atom is 0.246 e. The van der Waals surface area contributed by atoms with Gasteiger partial charge in [0.15, 0.2) is 5.96 Å². The second-order valence-electron chi connectivity index (χ2n) is 7.59. The molecule has 2 heterocycles. The van der Waals surface area contributed by atoms with Crippen LogP contribution in [0.1, 0.15) is 19.4 Å². The van der Waals surface area contributed by atoms with E-state index in [1.165, 1.54) is 0 Å². The van der Waals surface area contributed by atoms with E-state index in [0.29, 0.717) is 32.2 Å². The highest BCUT2D eigenvalue weighted by atomic mass is 127. The fourth-order valence-corrected chi connectivity index (χ4v) is 3.20. The molecule has 1 aromatic carbocycles. The summed E-state index contributed by atoms with van der Waals surface area (Å²) in [5, 5.41) is 7.51. The summed E-state index contributed by atoms with van der Waals surface area (Å²) in [6, 6.07) is 8.05. The minimum absolute atomic E-state index is 0. The molecule has 1 fully saturated rings. The molecule has 1 aliphatic rings. The topological polar surface area (TPSA) is 75.0 Å². The summed E-state index contributed by atoms with van der Waals surface area (Å²) in [5.74, 6) is 2.11. The van der Waals surface area contributed by atoms with Crippen molar-refractivity contribution in [3.8, 4) is 5.75 Å². The fraction of sp³-hybridized carbons (Fsp3) is 0.476. The van der Waals surface area contributed by atoms with Crippen molar-refractivity contribution in [2.24, 2.45) is 18.0 Å². The molecule has 164 valence electrons. The van der Waals surface area contributed by atoms with Crippen molar-refractivity contribution in [3.05, 3.63) is 42.2 Å². The molecule has 1 saturated heterocycles. The van der Waals surface area contributed by atoms with Crippen LogP contribution >= 0.6 is 24.0 Å². The molecule has 30 heavy (non-hydrogen) atoms. The van der Waals surface area contributed by atoms with E-state index in [1.807, 2.05) is 42.4 Å². The summed E-state index contributed by atoms with van der Waals surface area (Å²) in [5.41, 5.74) is 1.94. The Labute approximate surface area is 195 Å². The average Bonchev–Trinajstić information content (AvgIpc) is 3.13. The Balaban J connectivity index is 0.00000320. The van der Waals surface area contributed by atoms with Crippen LogP contribution in [-0.4, -0.2) is 59.8 Å². The smallest absolute Gasteiger partial charge is 0.246 e. The van der Waals surface area contributed by atoms with Gasteiger partial charge in [-0.1, -0.05) is 26.0 Å². The van der Waals surface area contributed by atoms with Crippen LogP contribution in [0.15, 0.2) is 41.7 Å². The number of aryl methyl sites for hydroxylation is 1. The van der Waals surface area contributed by atoms with Crippen molar-refractivity contribution in [2.75, 3.05) is 38.2 Å². The molecule has 3 rings (SSSR count). The zero-order valence-corrected chi connectivity index (χ0v) is 20.4. The van der Waals surface area contributed by atoms with Crippen LogP contribution in [0.5, 0.6) is 5.75 Å². The standard InChI is InChI=1S/C21H30N6O2.HI/c1-16(2)15-29-19-7-5-6-17(10-19)11-23-21(22-3)26-8-9-27(20(28)14-26)18-12-24-25(4)13-18;/h5-7,10,12-13,16H,8-9,11,14-15H2,1-4H3,(H,22,23);1H. The molecule has 9 heteroatoms. The van der Waals surface area contributed by atoms with Crippen molar-refractivity contribution >= 4 is 41.5 Å². The van der Waals surface area contributed by atoms with E-state index in [0.717, 1.165) is 23.0 Å². The lowest BCUT2D eigenvalue weighted by Gasteiger charge is -2.35. The van der Waals surface area contributed by atoms with Gasteiger partial charge in [0.2, 0.25) is 5.91 Å². The van der Waals surface area contributed by atoms with Gasteiger partial charge in [0.25, 0.3) is 0 Å². The molecule has 1 amide bonds. The molecule has 0 saturated carbocycles. The zero-order valence-electron chi connectivity index (χ0n) is 18.0. The number of aliphatic imine (C=N–C) groups is 1. The largest absolute Gasteiger partial charge is 0.493 e. The summed E-state index contributed by atoms with van der Waals surface area (Å²) < 4.78 is 7.50. The van der Waals surface area contributed by atoms with Crippen LogP contribution in [0.2, 0.25) is 0 Å². The molecule has 2 aromatic rings. The van der Waals surface area contributed by atoms with E-state index in [2.05, 4.69) is 29.3 Å². The molecular weight excluding hydrogens is 495 g/mol. The number of carbonyl (C=O) groups excluding carboxylic acids is 1. The van der Waals surface area contributed by atoms with Crippen LogP contribution in [-0.2, 0) is 18.4 Å². The van der Waals surface area contributed by atoms with Crippen LogP contribution < -0.4 is 15.0 Å². The first-order valence-corrected chi connectivity index (χ1v) is 9.92. The number of hydrogen-bond donors (Lipinski definition) is 1. The summed E-state index contributed by atoms with van der Waals surface area (Å²) >= 11 is 0. The van der Waals surface area contributed by atoms with Gasteiger partial charge in [-0.05, 0) is 23.6 Å². The third-order valence-corrected chi connectivity index (χ3v) is 4.67. The van der Waals surface area contributed by atoms with Gasteiger partial charge in [-0.2, -0.15) is 5.10 Å². The van der Waals surface area contributed by atoms with Gasteiger partial charge in [0.1, 0.15) is 12.3 Å². The molecular formula is C21H31IN6O2. The highest BCUT2D eigenvalue weighted by Crippen LogP contribution is 2.17. The van der Waals surface area contributed by atoms with Gasteiger partial charge in [-0.3, -0.25) is 14.5 Å². The van der Waals surface area contributed by atoms with Gasteiger partial charge < -0.3 is 19.9 Å². The first kappa shape index (κ1) is 24.0. The predicted octanol–water partition coefficient (Wildman–Crippen LogP) is 2.50. The number of anilines is 1. The third kappa shape index (κ3) is 6.35. The average molecular weight is 526 g/mol. The molecule has 0 radical (unpaired) electrons. The van der Waals surface area contributed by atoms with E-state index >= 15 is 0 Å². The Morgan fingerprint density at radius 3 is 2.77 bits per heavy atom. The number of halogens is 1. The number of carbonyl (C=O) groups is 1. The quantitative estimate of drug-likeness (QED) is 0.356. The summed E-state index contributed by atoms with van der Waals surface area (Å²) in [7, 11) is 3.58. The van der Waals surface area contributed by atoms with Crippen LogP contribution in [0, 0.1) is 5.92 Å². The Kier molecular flexibility index (Phi) is 8.94. The minimum atomic E-state index is 0. The van der Waals surface area contributed by atoms with Crippen LogP contribution in [0.3, 0.4) is 0 Å². The van der Waals surface area contributed by atoms with E-state index in [-0.39, 0.29) is 36.4 Å². The summed E-state index contributed by atoms with van der Waals surface area (Å²) in [6.45, 7) is 7.16. The molecule has 1 N–H and O–H groups in total. The number of hydrogen-bond acceptors (Lipinski definition) is 4. The first-order valence-electron chi connectivity index (χ1n) is 9.92. The number of ether oxygens (including phenoxy) is 1. The van der Waals surface area contributed by atoms with Gasteiger partial charge in [-0.15, -0.1) is 24.0 Å². The van der Waals surface area contributed by atoms with Gasteiger partial charge in [0.05, 0.1) is 18.5 Å². The molecule has 1 aromatic heterocycles. The Bertz CT molecular complexity index is 867. The summed E-state index contributed by atoms with van der Waals surface area (Å²) in [6.07, 6.45) is 3.57. The van der Waals surface area contributed by atoms with Gasteiger partial charge in [-0.25, -0.2) is 0 Å². The van der Waals surface area contributed by atoms with Crippen molar-refractivity contribution in [3.63, 3.8) is 0 Å². The number of piperazine rings is 1. The fourth-order valence-electron chi connectivity index (χ4n) is 3.20. The molecule has 0 spiro atoms. The predicted molar refractivity (Wildman–Crippen MR) is 130 cm³/mol. The lowest BCUT2D eigenvalue weighted by molar-refractivity contribution is -0.120. The maximum absolute atomic E-state index is 12.6. The van der Waals surface area contributed by atoms with Crippen molar-refractivity contribution in [2.45, 2.75) is 20.4 Å². The second kappa shape index (κ2) is 11.2. The minimum Gasteiger partial charge on any atom is -0.493 e. The van der Waals surface area contributed by atoms with Crippen LogP contribution in [0.4, 0.5) is 5.69 Å². The highest BCUT2D eigenvalue weighted by molar-refractivity contribution is 14.0. The monoisotopic (exact) mass is 526 g/mol. The third-order valence-electron chi connectivity index (χ3n) is 4.67. The number of guanidine groups is 1. The molecule has 1 aliphatic heterocycles. The number of rotatable bonds is 6. The molecule has 0 bridgehead atoms. The van der Waals surface area contributed by atoms with Gasteiger partial charge >= 0.3 is 0 Å². The van der Waals surface area contributed by atoms with Crippen molar-refractivity contribution in [1.29, 1.82) is 0 Å². The number of nitrogens with one attached hydrogen (secondary N) is 1. The molecule has 0 unspecified atom stereocenters. The highest BCUT2D eigenvalue weighted by Gasteiger charge is 2.27. The summed E-state index contributed by atoms with van der Waals surface area (Å²) in [4.78, 5) is 20.7. The molecule has 0 atom stereocenters. The SMILES string of the molecule is CN=C(NCc1cccc(OCC(C)C)c1)N1CCN(c2cnn(C)c2)C(=O)C1.I. The Morgan fingerprint density at radius 2 is 2.13 bits per heavy atom.